The largest absolute Gasteiger partial charge is 0.434 e. The molecule has 5 nitrogen and oxygen atoms in total. The summed E-state index contributed by atoms with van der Waals surface area (Å²) < 4.78 is 42.5. The van der Waals surface area contributed by atoms with Crippen LogP contribution in [0.3, 0.4) is 0 Å². The molecule has 130 valence electrons. The monoisotopic (exact) mass is 358 g/mol. The van der Waals surface area contributed by atoms with Crippen molar-refractivity contribution in [2.45, 2.75) is 19.2 Å². The first kappa shape index (κ1) is 18.2. The van der Waals surface area contributed by atoms with Crippen LogP contribution >= 0.6 is 11.3 Å². The molecule has 0 aliphatic carbocycles. The molecule has 3 N–H and O–H groups in total. The Morgan fingerprint density at radius 3 is 2.79 bits per heavy atom. The maximum absolute atomic E-state index is 12.5. The van der Waals surface area contributed by atoms with Gasteiger partial charge in [0.2, 0.25) is 0 Å². The number of benzene rings is 1. The molecule has 0 bridgehead atoms. The molecule has 0 radical (unpaired) electrons. The average molecular weight is 358 g/mol. The molecule has 0 spiro atoms. The molecule has 2 rings (SSSR count). The summed E-state index contributed by atoms with van der Waals surface area (Å²) in [5.41, 5.74) is 6.64. The van der Waals surface area contributed by atoms with Crippen LogP contribution in [0.4, 0.5) is 18.9 Å². The number of nitrogens with two attached hydrogens (primary N) is 1. The number of nitrogens with one attached hydrogen (secondary N) is 1. The van der Waals surface area contributed by atoms with Crippen LogP contribution in [0.2, 0.25) is 0 Å². The van der Waals surface area contributed by atoms with E-state index in [1.165, 1.54) is 0 Å². The van der Waals surface area contributed by atoms with E-state index in [4.69, 9.17) is 10.5 Å². The van der Waals surface area contributed by atoms with Crippen LogP contribution in [-0.4, -0.2) is 24.6 Å². The molecule has 0 fully saturated rings. The van der Waals surface area contributed by atoms with E-state index in [-0.39, 0.29) is 12.5 Å². The maximum Gasteiger partial charge on any atom is 0.434 e. The molecule has 1 aromatic heterocycles. The minimum Gasteiger partial charge on any atom is -0.380 e. The van der Waals surface area contributed by atoms with Gasteiger partial charge in [-0.05, 0) is 6.07 Å². The van der Waals surface area contributed by atoms with Crippen LogP contribution in [0.25, 0.3) is 0 Å². The number of halogens is 3. The fraction of sp³-hybridized carbons (Fsp3) is 0.333. The zero-order valence-corrected chi connectivity index (χ0v) is 13.7. The fourth-order valence-corrected chi connectivity index (χ4v) is 2.72. The SMILES string of the molecule is COCc1ccccc1NC(N)=NCCc1nc(C(F)(F)F)cs1. The van der Waals surface area contributed by atoms with Crippen molar-refractivity contribution in [2.24, 2.45) is 10.7 Å². The predicted octanol–water partition coefficient (Wildman–Crippen LogP) is 3.28. The van der Waals surface area contributed by atoms with Gasteiger partial charge in [-0.25, -0.2) is 4.98 Å². The third-order valence-corrected chi connectivity index (χ3v) is 3.94. The third-order valence-electron chi connectivity index (χ3n) is 3.03. The molecule has 2 aromatic rings. The number of aromatic nitrogens is 1. The highest BCUT2D eigenvalue weighted by Gasteiger charge is 2.33. The van der Waals surface area contributed by atoms with Crippen molar-refractivity contribution in [3.63, 3.8) is 0 Å². The molecule has 0 amide bonds. The number of hydrogen-bond acceptors (Lipinski definition) is 4. The van der Waals surface area contributed by atoms with Crippen LogP contribution in [0.15, 0.2) is 34.6 Å². The number of rotatable bonds is 6. The molecule has 1 heterocycles. The van der Waals surface area contributed by atoms with Crippen LogP contribution in [0.1, 0.15) is 16.3 Å². The Hall–Kier alpha value is -2.13. The Bertz CT molecular complexity index is 700. The van der Waals surface area contributed by atoms with Crippen molar-refractivity contribution in [3.8, 4) is 0 Å². The number of methoxy groups -OCH3 is 1. The molecular formula is C15H17F3N4OS. The molecule has 24 heavy (non-hydrogen) atoms. The van der Waals surface area contributed by atoms with Crippen LogP contribution in [0.5, 0.6) is 0 Å². The smallest absolute Gasteiger partial charge is 0.380 e. The van der Waals surface area contributed by atoms with Crippen LogP contribution < -0.4 is 11.1 Å². The van der Waals surface area contributed by atoms with Gasteiger partial charge in [0.15, 0.2) is 11.7 Å². The summed E-state index contributed by atoms with van der Waals surface area (Å²) in [4.78, 5) is 7.66. The second-order valence-corrected chi connectivity index (χ2v) is 5.80. The Labute approximate surface area is 141 Å². The first-order valence-electron chi connectivity index (χ1n) is 7.05. The maximum atomic E-state index is 12.5. The molecule has 0 aliphatic heterocycles. The number of nitrogens with zero attached hydrogens (tertiary/aromatic N) is 2. The quantitative estimate of drug-likeness (QED) is 0.614. The highest BCUT2D eigenvalue weighted by Crippen LogP contribution is 2.30. The van der Waals surface area contributed by atoms with E-state index in [1.807, 2.05) is 24.3 Å². The topological polar surface area (TPSA) is 72.5 Å². The lowest BCUT2D eigenvalue weighted by Crippen LogP contribution is -2.23. The highest BCUT2D eigenvalue weighted by molar-refractivity contribution is 7.09. The summed E-state index contributed by atoms with van der Waals surface area (Å²) in [6.45, 7) is 0.672. The molecule has 9 heteroatoms. The lowest BCUT2D eigenvalue weighted by atomic mass is 10.2. The first-order valence-corrected chi connectivity index (χ1v) is 7.93. The van der Waals surface area contributed by atoms with Crippen molar-refractivity contribution in [2.75, 3.05) is 19.0 Å². The zero-order valence-electron chi connectivity index (χ0n) is 12.9. The van der Waals surface area contributed by atoms with Crippen molar-refractivity contribution in [3.05, 3.63) is 45.9 Å². The summed E-state index contributed by atoms with van der Waals surface area (Å²) >= 11 is 0.963. The van der Waals surface area contributed by atoms with Crippen molar-refractivity contribution in [1.82, 2.24) is 4.98 Å². The van der Waals surface area contributed by atoms with Crippen LogP contribution in [0, 0.1) is 0 Å². The molecule has 0 aliphatic rings. The second-order valence-electron chi connectivity index (χ2n) is 4.86. The number of thiazole rings is 1. The van der Waals surface area contributed by atoms with Gasteiger partial charge in [0.05, 0.1) is 11.6 Å². The average Bonchev–Trinajstić information content (AvgIpc) is 2.98. The Morgan fingerprint density at radius 1 is 1.38 bits per heavy atom. The van der Waals surface area contributed by atoms with E-state index in [2.05, 4.69) is 15.3 Å². The van der Waals surface area contributed by atoms with Gasteiger partial charge < -0.3 is 15.8 Å². The predicted molar refractivity (Wildman–Crippen MR) is 88.1 cm³/mol. The van der Waals surface area contributed by atoms with Crippen molar-refractivity contribution < 1.29 is 17.9 Å². The summed E-state index contributed by atoms with van der Waals surface area (Å²) in [5, 5.41) is 4.34. The second kappa shape index (κ2) is 8.11. The number of hydrogen-bond donors (Lipinski definition) is 2. The third kappa shape index (κ3) is 5.20. The number of ether oxygens (including phenoxy) is 1. The Morgan fingerprint density at radius 2 is 2.12 bits per heavy atom. The van der Waals surface area contributed by atoms with E-state index in [0.717, 1.165) is 28.0 Å². The summed E-state index contributed by atoms with van der Waals surface area (Å²) in [6, 6.07) is 7.47. The van der Waals surface area contributed by atoms with Gasteiger partial charge in [-0.1, -0.05) is 18.2 Å². The van der Waals surface area contributed by atoms with Crippen molar-refractivity contribution >= 4 is 23.0 Å². The molecule has 0 saturated heterocycles. The van der Waals surface area contributed by atoms with Gasteiger partial charge in [0.25, 0.3) is 0 Å². The number of para-hydroxylation sites is 1. The molecule has 0 saturated carbocycles. The summed E-state index contributed by atoms with van der Waals surface area (Å²) in [7, 11) is 1.59. The first-order chi connectivity index (χ1) is 11.4. The van der Waals surface area contributed by atoms with E-state index in [9.17, 15) is 13.2 Å². The number of guanidine groups is 1. The van der Waals surface area contributed by atoms with Gasteiger partial charge in [-0.15, -0.1) is 11.3 Å². The molecule has 1 aromatic carbocycles. The van der Waals surface area contributed by atoms with Gasteiger partial charge in [-0.2, -0.15) is 13.2 Å². The Kier molecular flexibility index (Phi) is 6.16. The molecular weight excluding hydrogens is 341 g/mol. The van der Waals surface area contributed by atoms with Crippen LogP contribution in [-0.2, 0) is 23.9 Å². The minimum absolute atomic E-state index is 0.186. The van der Waals surface area contributed by atoms with Gasteiger partial charge in [0, 0.05) is 36.7 Å². The summed E-state index contributed by atoms with van der Waals surface area (Å²) in [6.07, 6.45) is -4.12. The number of alkyl halides is 3. The van der Waals surface area contributed by atoms with E-state index in [0.29, 0.717) is 18.0 Å². The van der Waals surface area contributed by atoms with Gasteiger partial charge in [-0.3, -0.25) is 4.99 Å². The van der Waals surface area contributed by atoms with E-state index in [1.54, 1.807) is 7.11 Å². The van der Waals surface area contributed by atoms with Gasteiger partial charge in [0.1, 0.15) is 0 Å². The van der Waals surface area contributed by atoms with Gasteiger partial charge >= 0.3 is 6.18 Å². The fourth-order valence-electron chi connectivity index (χ4n) is 1.93. The lowest BCUT2D eigenvalue weighted by molar-refractivity contribution is -0.140. The highest BCUT2D eigenvalue weighted by atomic mass is 32.1. The Balaban J connectivity index is 1.92. The normalized spacial score (nSPS) is 12.4. The summed E-state index contributed by atoms with van der Waals surface area (Å²) in [5.74, 6) is 0.186. The minimum atomic E-state index is -4.41. The zero-order chi connectivity index (χ0) is 17.6. The molecule has 0 unspecified atom stereocenters. The molecule has 0 atom stereocenters. The lowest BCUT2D eigenvalue weighted by Gasteiger charge is -2.10. The van der Waals surface area contributed by atoms with Crippen molar-refractivity contribution in [1.29, 1.82) is 0 Å². The number of aliphatic imine (C=N–C) groups is 1. The standard InChI is InChI=1S/C15H17F3N4OS/c1-23-8-10-4-2-3-5-11(10)21-14(19)20-7-6-13-22-12(9-24-13)15(16,17)18/h2-5,9H,6-8H2,1H3,(H3,19,20,21). The number of anilines is 1. The van der Waals surface area contributed by atoms with E-state index >= 15 is 0 Å². The van der Waals surface area contributed by atoms with E-state index < -0.39 is 11.9 Å².